The second kappa shape index (κ2) is 11.9. The standard InChI is InChI=1S/C30H33N5S/c1-22(2)18-20-25-13-11-14-26(21-19-24(4)34(5)28-17-10-9-12-23(28)3)29(25)36-30-31-32-33-35(30)27-15-7-6-8-16-27/h6-10,12,15-21H,1,11,13-14H2,2-5H3/b20-18+,24-19+,26-21+. The molecule has 0 amide bonds. The van der Waals surface area contributed by atoms with E-state index in [1.807, 2.05) is 37.3 Å². The summed E-state index contributed by atoms with van der Waals surface area (Å²) in [6.45, 7) is 10.4. The fourth-order valence-electron chi connectivity index (χ4n) is 4.12. The molecular weight excluding hydrogens is 462 g/mol. The van der Waals surface area contributed by atoms with Crippen molar-refractivity contribution in [3.63, 3.8) is 0 Å². The molecule has 184 valence electrons. The molecule has 0 saturated heterocycles. The lowest BCUT2D eigenvalue weighted by atomic mass is 9.93. The molecule has 0 atom stereocenters. The molecule has 0 saturated carbocycles. The number of anilines is 1. The minimum Gasteiger partial charge on any atom is -0.348 e. The summed E-state index contributed by atoms with van der Waals surface area (Å²) in [5, 5.41) is 13.3. The molecule has 1 heterocycles. The fourth-order valence-corrected chi connectivity index (χ4v) is 5.21. The van der Waals surface area contributed by atoms with Crippen LogP contribution in [0.5, 0.6) is 0 Å². The number of rotatable bonds is 8. The quantitative estimate of drug-likeness (QED) is 0.301. The molecule has 36 heavy (non-hydrogen) atoms. The number of para-hydroxylation sites is 2. The molecule has 0 radical (unpaired) electrons. The number of hydrogen-bond acceptors (Lipinski definition) is 5. The van der Waals surface area contributed by atoms with E-state index in [-0.39, 0.29) is 0 Å². The summed E-state index contributed by atoms with van der Waals surface area (Å²) >= 11 is 1.63. The Morgan fingerprint density at radius 1 is 1.06 bits per heavy atom. The third-order valence-corrected chi connectivity index (χ3v) is 7.38. The van der Waals surface area contributed by atoms with Crippen molar-refractivity contribution in [3.05, 3.63) is 118 Å². The van der Waals surface area contributed by atoms with Gasteiger partial charge in [0.05, 0.1) is 5.69 Å². The highest BCUT2D eigenvalue weighted by Gasteiger charge is 2.20. The zero-order chi connectivity index (χ0) is 25.5. The van der Waals surface area contributed by atoms with Crippen molar-refractivity contribution in [2.45, 2.75) is 45.2 Å². The first-order valence-electron chi connectivity index (χ1n) is 12.2. The second-order valence-corrected chi connectivity index (χ2v) is 10.0. The van der Waals surface area contributed by atoms with Gasteiger partial charge in [0.2, 0.25) is 5.16 Å². The van der Waals surface area contributed by atoms with Gasteiger partial charge in [-0.1, -0.05) is 66.8 Å². The van der Waals surface area contributed by atoms with E-state index in [1.165, 1.54) is 33.0 Å². The Bertz CT molecular complexity index is 1340. The summed E-state index contributed by atoms with van der Waals surface area (Å²) in [4.78, 5) is 3.46. The van der Waals surface area contributed by atoms with Crippen molar-refractivity contribution >= 4 is 17.4 Å². The number of tetrazole rings is 1. The Morgan fingerprint density at radius 3 is 2.56 bits per heavy atom. The Balaban J connectivity index is 1.70. The summed E-state index contributed by atoms with van der Waals surface area (Å²) in [6.07, 6.45) is 11.9. The van der Waals surface area contributed by atoms with Gasteiger partial charge in [-0.15, -0.1) is 5.10 Å². The number of allylic oxidation sites excluding steroid dienone is 8. The van der Waals surface area contributed by atoms with Gasteiger partial charge in [0, 0.05) is 23.3 Å². The zero-order valence-corrected chi connectivity index (χ0v) is 22.3. The maximum Gasteiger partial charge on any atom is 0.218 e. The van der Waals surface area contributed by atoms with Gasteiger partial charge >= 0.3 is 0 Å². The van der Waals surface area contributed by atoms with Crippen molar-refractivity contribution in [1.29, 1.82) is 0 Å². The van der Waals surface area contributed by atoms with Crippen LogP contribution in [0.25, 0.3) is 5.69 Å². The van der Waals surface area contributed by atoms with Crippen LogP contribution in [0.4, 0.5) is 5.69 Å². The van der Waals surface area contributed by atoms with Gasteiger partial charge in [-0.25, -0.2) is 0 Å². The highest BCUT2D eigenvalue weighted by atomic mass is 32.2. The van der Waals surface area contributed by atoms with Crippen LogP contribution in [0.1, 0.15) is 38.7 Å². The molecule has 0 fully saturated rings. The van der Waals surface area contributed by atoms with E-state index in [9.17, 15) is 0 Å². The van der Waals surface area contributed by atoms with Crippen LogP contribution >= 0.6 is 11.8 Å². The van der Waals surface area contributed by atoms with Crippen molar-refractivity contribution in [2.24, 2.45) is 0 Å². The third kappa shape index (κ3) is 6.13. The Kier molecular flexibility index (Phi) is 8.39. The number of benzene rings is 2. The van der Waals surface area contributed by atoms with E-state index in [1.54, 1.807) is 16.4 Å². The fraction of sp³-hybridized carbons (Fsp3) is 0.233. The number of aromatic nitrogens is 4. The van der Waals surface area contributed by atoms with E-state index >= 15 is 0 Å². The smallest absolute Gasteiger partial charge is 0.218 e. The van der Waals surface area contributed by atoms with E-state index in [0.717, 1.165) is 35.7 Å². The molecule has 1 aromatic heterocycles. The molecule has 3 aromatic rings. The van der Waals surface area contributed by atoms with Crippen LogP contribution in [-0.4, -0.2) is 27.3 Å². The molecule has 5 nitrogen and oxygen atoms in total. The molecular formula is C30H33N5S. The lowest BCUT2D eigenvalue weighted by Gasteiger charge is -2.23. The SMILES string of the molecule is C=C(C)/C=C/C1=C(Sc2nnnn2-c2ccccc2)C(=C/C=C(\C)N(C)c2ccccc2C)/CCC1. The number of aryl methyl sites for hydroxylation is 1. The van der Waals surface area contributed by atoms with Crippen LogP contribution in [0.15, 0.2) is 118 Å². The summed E-state index contributed by atoms with van der Waals surface area (Å²) in [5.74, 6) is 0. The molecule has 0 bridgehead atoms. The lowest BCUT2D eigenvalue weighted by molar-refractivity contribution is 0.755. The van der Waals surface area contributed by atoms with Gasteiger partial charge in [-0.3, -0.25) is 0 Å². The van der Waals surface area contributed by atoms with E-state index in [0.29, 0.717) is 0 Å². The summed E-state index contributed by atoms with van der Waals surface area (Å²) < 4.78 is 1.80. The number of nitrogens with zero attached hydrogens (tertiary/aromatic N) is 5. The largest absolute Gasteiger partial charge is 0.348 e. The highest BCUT2D eigenvalue weighted by Crippen LogP contribution is 2.41. The number of hydrogen-bond donors (Lipinski definition) is 0. The Morgan fingerprint density at radius 2 is 1.81 bits per heavy atom. The predicted molar refractivity (Wildman–Crippen MR) is 151 cm³/mol. The van der Waals surface area contributed by atoms with Crippen molar-refractivity contribution in [2.75, 3.05) is 11.9 Å². The lowest BCUT2D eigenvalue weighted by Crippen LogP contribution is -2.15. The summed E-state index contributed by atoms with van der Waals surface area (Å²) in [5.41, 5.74) is 8.23. The molecule has 0 N–H and O–H groups in total. The van der Waals surface area contributed by atoms with Gasteiger partial charge in [-0.2, -0.15) is 4.68 Å². The molecule has 2 aromatic carbocycles. The molecule has 4 rings (SSSR count). The van der Waals surface area contributed by atoms with Gasteiger partial charge in [0.15, 0.2) is 0 Å². The average molecular weight is 496 g/mol. The van der Waals surface area contributed by atoms with Crippen LogP contribution in [0, 0.1) is 6.92 Å². The summed E-state index contributed by atoms with van der Waals surface area (Å²) in [6, 6.07) is 18.5. The van der Waals surface area contributed by atoms with Crippen LogP contribution in [0.3, 0.4) is 0 Å². The molecule has 1 aliphatic carbocycles. The zero-order valence-electron chi connectivity index (χ0n) is 21.5. The van der Waals surface area contributed by atoms with Crippen molar-refractivity contribution in [1.82, 2.24) is 20.2 Å². The number of thioether (sulfide) groups is 1. The van der Waals surface area contributed by atoms with E-state index in [2.05, 4.69) is 96.5 Å². The molecule has 0 spiro atoms. The summed E-state index contributed by atoms with van der Waals surface area (Å²) in [7, 11) is 2.12. The molecule has 1 aliphatic rings. The molecule has 6 heteroatoms. The van der Waals surface area contributed by atoms with Gasteiger partial charge in [0.1, 0.15) is 0 Å². The van der Waals surface area contributed by atoms with Crippen LogP contribution < -0.4 is 4.90 Å². The van der Waals surface area contributed by atoms with Gasteiger partial charge in [0.25, 0.3) is 0 Å². The first-order chi connectivity index (χ1) is 17.4. The van der Waals surface area contributed by atoms with Crippen LogP contribution in [0.2, 0.25) is 0 Å². The molecule has 0 unspecified atom stereocenters. The maximum atomic E-state index is 4.36. The van der Waals surface area contributed by atoms with Crippen molar-refractivity contribution in [3.8, 4) is 5.69 Å². The molecule has 0 aliphatic heterocycles. The maximum absolute atomic E-state index is 4.36. The Labute approximate surface area is 218 Å². The predicted octanol–water partition coefficient (Wildman–Crippen LogP) is 7.60. The first kappa shape index (κ1) is 25.5. The van der Waals surface area contributed by atoms with Crippen LogP contribution in [-0.2, 0) is 0 Å². The van der Waals surface area contributed by atoms with E-state index in [4.69, 9.17) is 0 Å². The highest BCUT2D eigenvalue weighted by molar-refractivity contribution is 8.03. The van der Waals surface area contributed by atoms with Gasteiger partial charge in [-0.05, 0) is 103 Å². The Hall–Kier alpha value is -3.64. The van der Waals surface area contributed by atoms with E-state index < -0.39 is 0 Å². The van der Waals surface area contributed by atoms with Crippen molar-refractivity contribution < 1.29 is 0 Å². The average Bonchev–Trinajstić information content (AvgIpc) is 3.35. The normalized spacial score (nSPS) is 15.7. The van der Waals surface area contributed by atoms with Gasteiger partial charge < -0.3 is 4.90 Å². The second-order valence-electron chi connectivity index (χ2n) is 9.04. The minimum absolute atomic E-state index is 0.753. The first-order valence-corrected chi connectivity index (χ1v) is 13.0. The topological polar surface area (TPSA) is 46.8 Å². The monoisotopic (exact) mass is 495 g/mol. The minimum atomic E-state index is 0.753. The third-order valence-electron chi connectivity index (χ3n) is 6.21.